The van der Waals surface area contributed by atoms with Crippen LogP contribution < -0.4 is 26.6 Å². The second-order valence-electron chi connectivity index (χ2n) is 22.5. The van der Waals surface area contributed by atoms with E-state index in [0.29, 0.717) is 76.1 Å². The summed E-state index contributed by atoms with van der Waals surface area (Å²) in [6, 6.07) is 5.29. The van der Waals surface area contributed by atoms with Gasteiger partial charge >= 0.3 is 5.97 Å². The maximum absolute atomic E-state index is 13.0. The standard InChI is InChI=1S/C66H105N9O8/c1-3-5-7-9-11-13-15-17-19-21-23-25-27-29-31-34-56(76)35-33-47-75(48-45-68-60(77)36-32-30-28-26-24-22-20-18-16-14-12-10-8-6-4-2)49-46-69-62(79)52-71-61(78)44-43-57(66(82)83)73-64(80)54-40-37-53(38-41-54)39-42-55-51-70-58-50-59(67)74-65(81)63(58)72-55/h17-20,37-38,40-41,51,57H,3-16,21-36,39,42-50,52H2,1-2H3,(H,68,77)(H,69,79)(H,71,78)(H,73,80)(H,82,83)(H2,67,74,81)/b19-17-,20-18-/t57-/m0/s1. The Labute approximate surface area is 497 Å². The normalized spacial score (nSPS) is 12.6. The van der Waals surface area contributed by atoms with E-state index in [1.165, 1.54) is 116 Å². The third-order valence-electron chi connectivity index (χ3n) is 15.1. The summed E-state index contributed by atoms with van der Waals surface area (Å²) in [6.07, 6.45) is 45.3. The maximum Gasteiger partial charge on any atom is 0.326 e. The minimum atomic E-state index is -1.35. The Morgan fingerprint density at radius 2 is 1.12 bits per heavy atom. The SMILES string of the molecule is CCCCCCCC/C=C\CCCCCCCC(=O)CCCN(CCNC(=O)CCCCCCC/C=C\CCCCCCCC)CCNC(=O)CNC(=O)CC[C@H](NC(=O)c1ccc(CCc2cnc3c(n2)C(=O)NC(=N)C3)cc1)C(=O)O. The Bertz CT molecular complexity index is 2210. The van der Waals surface area contributed by atoms with E-state index in [1.54, 1.807) is 30.5 Å². The molecule has 0 saturated heterocycles. The third-order valence-corrected chi connectivity index (χ3v) is 15.1. The third kappa shape index (κ3) is 35.6. The molecule has 17 heteroatoms. The van der Waals surface area contributed by atoms with Crippen LogP contribution in [0.1, 0.15) is 257 Å². The van der Waals surface area contributed by atoms with Crippen molar-refractivity contribution in [2.75, 3.05) is 39.3 Å². The molecule has 0 unspecified atom stereocenters. The first-order valence-electron chi connectivity index (χ1n) is 32.1. The van der Waals surface area contributed by atoms with Gasteiger partial charge in [-0.25, -0.2) is 9.78 Å². The number of carbonyl (C=O) groups is 7. The number of Topliss-reactive ketones (excluding diaryl/α,β-unsaturated/α-hetero) is 1. The van der Waals surface area contributed by atoms with Gasteiger partial charge in [0.25, 0.3) is 11.8 Å². The fourth-order valence-electron chi connectivity index (χ4n) is 9.99. The quantitative estimate of drug-likeness (QED) is 0.0242. The van der Waals surface area contributed by atoms with Gasteiger partial charge in [-0.3, -0.25) is 44.1 Å². The summed E-state index contributed by atoms with van der Waals surface area (Å²) in [7, 11) is 0. The molecule has 1 atom stereocenters. The number of ketones is 1. The summed E-state index contributed by atoms with van der Waals surface area (Å²) in [4.78, 5) is 99.4. The van der Waals surface area contributed by atoms with Gasteiger partial charge in [-0.05, 0) is 114 Å². The molecule has 0 radical (unpaired) electrons. The monoisotopic (exact) mass is 1150 g/mol. The lowest BCUT2D eigenvalue weighted by molar-refractivity contribution is -0.139. The molecule has 2 heterocycles. The fraction of sp³-hybridized carbons (Fsp3) is 0.667. The lowest BCUT2D eigenvalue weighted by Crippen LogP contribution is -2.43. The molecule has 5 amide bonds. The van der Waals surface area contributed by atoms with Crippen molar-refractivity contribution in [1.82, 2.24) is 41.5 Å². The zero-order valence-electron chi connectivity index (χ0n) is 50.9. The number of nitrogens with zero attached hydrogens (tertiary/aromatic N) is 3. The van der Waals surface area contributed by atoms with Gasteiger partial charge in [0.15, 0.2) is 5.69 Å². The smallest absolute Gasteiger partial charge is 0.326 e. The summed E-state index contributed by atoms with van der Waals surface area (Å²) in [5.41, 5.74) is 2.39. The number of allylic oxidation sites excluding steroid dienone is 4. The highest BCUT2D eigenvalue weighted by atomic mass is 16.4. The summed E-state index contributed by atoms with van der Waals surface area (Å²) in [5, 5.41) is 30.9. The van der Waals surface area contributed by atoms with Crippen molar-refractivity contribution in [3.05, 3.63) is 83.0 Å². The Morgan fingerprint density at radius 1 is 0.614 bits per heavy atom. The van der Waals surface area contributed by atoms with E-state index < -0.39 is 35.6 Å². The number of hydrogen-bond donors (Lipinski definition) is 7. The van der Waals surface area contributed by atoms with Gasteiger partial charge in [-0.15, -0.1) is 0 Å². The first-order valence-corrected chi connectivity index (χ1v) is 32.1. The Balaban J connectivity index is 1.34. The number of nitrogens with one attached hydrogen (secondary N) is 6. The minimum absolute atomic E-state index is 0.0271. The Hall–Kier alpha value is -6.10. The van der Waals surface area contributed by atoms with Gasteiger partial charge in [0.1, 0.15) is 17.7 Å². The molecular weight excluding hydrogens is 1050 g/mol. The van der Waals surface area contributed by atoms with Crippen molar-refractivity contribution in [2.24, 2.45) is 0 Å². The molecule has 0 aliphatic carbocycles. The molecule has 0 fully saturated rings. The van der Waals surface area contributed by atoms with E-state index in [9.17, 15) is 38.7 Å². The molecule has 0 saturated carbocycles. The second kappa shape index (κ2) is 46.3. The summed E-state index contributed by atoms with van der Waals surface area (Å²) >= 11 is 0. The van der Waals surface area contributed by atoms with Crippen LogP contribution >= 0.6 is 0 Å². The van der Waals surface area contributed by atoms with Crippen molar-refractivity contribution in [3.8, 4) is 0 Å². The molecule has 1 aliphatic rings. The Morgan fingerprint density at radius 3 is 1.69 bits per heavy atom. The minimum Gasteiger partial charge on any atom is -0.480 e. The molecule has 7 N–H and O–H groups in total. The number of aryl methyl sites for hydroxylation is 2. The summed E-state index contributed by atoms with van der Waals surface area (Å²) < 4.78 is 0. The van der Waals surface area contributed by atoms with Crippen LogP contribution in [0, 0.1) is 5.41 Å². The lowest BCUT2D eigenvalue weighted by Gasteiger charge is -2.22. The molecule has 17 nitrogen and oxygen atoms in total. The number of carbonyl (C=O) groups excluding carboxylic acids is 6. The van der Waals surface area contributed by atoms with Gasteiger partial charge in [-0.1, -0.05) is 153 Å². The molecule has 83 heavy (non-hydrogen) atoms. The predicted molar refractivity (Wildman–Crippen MR) is 332 cm³/mol. The van der Waals surface area contributed by atoms with Crippen molar-refractivity contribution in [2.45, 2.75) is 245 Å². The largest absolute Gasteiger partial charge is 0.480 e. The number of amides is 5. The molecule has 1 aliphatic heterocycles. The van der Waals surface area contributed by atoms with E-state index in [0.717, 1.165) is 56.9 Å². The second-order valence-corrected chi connectivity index (χ2v) is 22.5. The Kier molecular flexibility index (Phi) is 39.7. The topological polar surface area (TPSA) is 253 Å². The van der Waals surface area contributed by atoms with Crippen LogP contribution in [0.3, 0.4) is 0 Å². The number of benzene rings is 1. The van der Waals surface area contributed by atoms with Crippen molar-refractivity contribution in [1.29, 1.82) is 5.41 Å². The molecule has 0 bridgehead atoms. The van der Waals surface area contributed by atoms with Crippen LogP contribution in [0.25, 0.3) is 0 Å². The van der Waals surface area contributed by atoms with Crippen LogP contribution in [0.2, 0.25) is 0 Å². The molecule has 3 rings (SSSR count). The number of rotatable bonds is 51. The molecule has 462 valence electrons. The van der Waals surface area contributed by atoms with Gasteiger partial charge in [0, 0.05) is 70.0 Å². The van der Waals surface area contributed by atoms with Crippen molar-refractivity contribution >= 4 is 47.1 Å². The summed E-state index contributed by atoms with van der Waals surface area (Å²) in [5.74, 6) is -2.97. The zero-order valence-corrected chi connectivity index (χ0v) is 50.9. The highest BCUT2D eigenvalue weighted by Gasteiger charge is 2.24. The first-order chi connectivity index (χ1) is 40.4. The fourth-order valence-corrected chi connectivity index (χ4v) is 9.99. The van der Waals surface area contributed by atoms with Gasteiger partial charge in [0.2, 0.25) is 17.7 Å². The molecule has 2 aromatic rings. The number of aliphatic carboxylic acids is 1. The number of unbranched alkanes of at least 4 members (excludes halogenated alkanes) is 22. The highest BCUT2D eigenvalue weighted by Crippen LogP contribution is 2.16. The average molecular weight is 1150 g/mol. The molecule has 1 aromatic carbocycles. The van der Waals surface area contributed by atoms with Crippen LogP contribution in [0.5, 0.6) is 0 Å². The summed E-state index contributed by atoms with van der Waals surface area (Å²) in [6.45, 7) is 6.59. The molecular formula is C66H105N9O8. The van der Waals surface area contributed by atoms with E-state index in [-0.39, 0.29) is 61.1 Å². The van der Waals surface area contributed by atoms with Crippen LogP contribution in [0.4, 0.5) is 0 Å². The van der Waals surface area contributed by atoms with Gasteiger partial charge in [-0.2, -0.15) is 0 Å². The lowest BCUT2D eigenvalue weighted by atomic mass is 10.0. The first kappa shape index (κ1) is 71.2. The average Bonchev–Trinajstić information content (AvgIpc) is 3.68. The molecule has 0 spiro atoms. The zero-order chi connectivity index (χ0) is 60.0. The molecule has 1 aromatic heterocycles. The number of aromatic nitrogens is 2. The number of fused-ring (bicyclic) bond motifs is 1. The number of amidine groups is 1. The van der Waals surface area contributed by atoms with Gasteiger partial charge < -0.3 is 31.7 Å². The van der Waals surface area contributed by atoms with Crippen LogP contribution in [-0.2, 0) is 43.2 Å². The number of carboxylic acid groups (broad SMARTS) is 1. The van der Waals surface area contributed by atoms with Gasteiger partial charge in [0.05, 0.1) is 17.9 Å². The van der Waals surface area contributed by atoms with E-state index >= 15 is 0 Å². The predicted octanol–water partition coefficient (Wildman–Crippen LogP) is 11.6. The van der Waals surface area contributed by atoms with Crippen LogP contribution in [0.15, 0.2) is 54.8 Å². The maximum atomic E-state index is 13.0. The van der Waals surface area contributed by atoms with E-state index in [1.807, 2.05) is 0 Å². The number of hydrogen-bond acceptors (Lipinski definition) is 11. The van der Waals surface area contributed by atoms with E-state index in [4.69, 9.17) is 5.41 Å². The van der Waals surface area contributed by atoms with E-state index in [2.05, 4.69) is 79.6 Å². The highest BCUT2D eigenvalue weighted by molar-refractivity contribution is 6.09. The van der Waals surface area contributed by atoms with Crippen LogP contribution in [-0.4, -0.2) is 112 Å². The van der Waals surface area contributed by atoms with Crippen molar-refractivity contribution in [3.63, 3.8) is 0 Å². The number of carboxylic acids is 1. The van der Waals surface area contributed by atoms with Crippen molar-refractivity contribution < 1.29 is 38.7 Å².